The number of carbonyl (C=O) groups is 3. The molecule has 2 atom stereocenters. The van der Waals surface area contributed by atoms with Crippen LogP contribution in [0.2, 0.25) is 10.0 Å². The first-order valence-electron chi connectivity index (χ1n) is 13.5. The lowest BCUT2D eigenvalue weighted by molar-refractivity contribution is -0.139. The Bertz CT molecular complexity index is 1680. The van der Waals surface area contributed by atoms with E-state index in [1.54, 1.807) is 33.8 Å². The summed E-state index contributed by atoms with van der Waals surface area (Å²) in [5.74, 6) is -1.82. The highest BCUT2D eigenvalue weighted by Gasteiger charge is 2.31. The molecular weight excluding hydrogens is 599 g/mol. The van der Waals surface area contributed by atoms with Crippen molar-refractivity contribution in [1.82, 2.24) is 29.8 Å². The third kappa shape index (κ3) is 6.16. The Balaban J connectivity index is 1.30. The first-order valence-corrected chi connectivity index (χ1v) is 14.3. The van der Waals surface area contributed by atoms with Crippen LogP contribution in [0.25, 0.3) is 5.65 Å². The summed E-state index contributed by atoms with van der Waals surface area (Å²) in [6.07, 6.45) is 6.17. The fourth-order valence-corrected chi connectivity index (χ4v) is 6.08. The number of imidazole rings is 1. The zero-order chi connectivity index (χ0) is 30.8. The second kappa shape index (κ2) is 12.4. The first-order chi connectivity index (χ1) is 20.6. The maximum atomic E-state index is 13.3. The molecule has 224 valence electrons. The molecule has 43 heavy (non-hydrogen) atoms. The molecule has 2 aromatic heterocycles. The number of aromatic hydroxyl groups is 1. The molecule has 3 aromatic rings. The van der Waals surface area contributed by atoms with Crippen molar-refractivity contribution < 1.29 is 24.6 Å². The number of pyridine rings is 1. The standard InChI is InChI=1S/C28H28Cl2N8O5/c1-15-4-7-38(11-15)28(33-14-31)32-10-19(27(42)43)35-25(40)22-18(29)9-16-12-37(8-5-17(16)23(22)30)26(41)20-13-36-6-2-3-21(39)24(36)34-20/h2-3,6,9,13,15,19,39H,4-5,7-8,10-12H2,1H3,(H,32,33)(H,35,40)(H,42,43)/t15-,19-/m0/s1. The maximum absolute atomic E-state index is 13.3. The fourth-order valence-electron chi connectivity index (χ4n) is 5.32. The molecule has 1 aromatic carbocycles. The largest absolute Gasteiger partial charge is 0.504 e. The molecule has 2 amide bonds. The van der Waals surface area contributed by atoms with E-state index < -0.39 is 17.9 Å². The van der Waals surface area contributed by atoms with Gasteiger partial charge in [0.2, 0.25) is 12.2 Å². The quantitative estimate of drug-likeness (QED) is 0.182. The number of likely N-dealkylation sites (tertiary alicyclic amines) is 1. The third-order valence-corrected chi connectivity index (χ3v) is 8.26. The van der Waals surface area contributed by atoms with Gasteiger partial charge in [-0.2, -0.15) is 5.26 Å². The number of halogens is 2. The molecule has 4 heterocycles. The monoisotopic (exact) mass is 626 g/mol. The lowest BCUT2D eigenvalue weighted by Crippen LogP contribution is -2.51. The Hall–Kier alpha value is -4.54. The number of aliphatic imine (C=N–C) groups is 1. The molecule has 4 N–H and O–H groups in total. The van der Waals surface area contributed by atoms with Gasteiger partial charge in [0.15, 0.2) is 11.4 Å². The van der Waals surface area contributed by atoms with Crippen molar-refractivity contribution in [3.63, 3.8) is 0 Å². The molecule has 15 heteroatoms. The number of rotatable bonds is 6. The van der Waals surface area contributed by atoms with Crippen molar-refractivity contribution in [1.29, 1.82) is 5.26 Å². The highest BCUT2D eigenvalue weighted by Crippen LogP contribution is 2.35. The molecule has 0 aliphatic carbocycles. The smallest absolute Gasteiger partial charge is 0.328 e. The highest BCUT2D eigenvalue weighted by molar-refractivity contribution is 6.40. The minimum Gasteiger partial charge on any atom is -0.504 e. The Morgan fingerprint density at radius 2 is 2.07 bits per heavy atom. The van der Waals surface area contributed by atoms with Gasteiger partial charge in [0.05, 0.1) is 15.6 Å². The van der Waals surface area contributed by atoms with E-state index in [0.29, 0.717) is 36.6 Å². The lowest BCUT2D eigenvalue weighted by Gasteiger charge is -2.30. The van der Waals surface area contributed by atoms with Crippen molar-refractivity contribution in [2.75, 3.05) is 26.2 Å². The van der Waals surface area contributed by atoms with Crippen LogP contribution in [0.5, 0.6) is 5.75 Å². The molecule has 0 saturated carbocycles. The number of carboxylic acid groups (broad SMARTS) is 1. The van der Waals surface area contributed by atoms with Crippen molar-refractivity contribution in [3.05, 3.63) is 63.0 Å². The average Bonchev–Trinajstić information content (AvgIpc) is 3.61. The minimum absolute atomic E-state index is 0.00286. The zero-order valence-electron chi connectivity index (χ0n) is 23.0. The van der Waals surface area contributed by atoms with Crippen LogP contribution in [0.15, 0.2) is 35.6 Å². The third-order valence-electron chi connectivity index (χ3n) is 7.55. The summed E-state index contributed by atoms with van der Waals surface area (Å²) in [5.41, 5.74) is 1.63. The molecule has 1 saturated heterocycles. The van der Waals surface area contributed by atoms with Crippen LogP contribution < -0.4 is 10.6 Å². The Morgan fingerprint density at radius 3 is 2.74 bits per heavy atom. The molecule has 5 rings (SSSR count). The highest BCUT2D eigenvalue weighted by atomic mass is 35.5. The summed E-state index contributed by atoms with van der Waals surface area (Å²) < 4.78 is 1.56. The predicted octanol–water partition coefficient (Wildman–Crippen LogP) is 2.50. The summed E-state index contributed by atoms with van der Waals surface area (Å²) in [6, 6.07) is 3.29. The number of amides is 2. The second-order valence-corrected chi connectivity index (χ2v) is 11.3. The van der Waals surface area contributed by atoms with Crippen LogP contribution >= 0.6 is 23.2 Å². The maximum Gasteiger partial charge on any atom is 0.328 e. The van der Waals surface area contributed by atoms with E-state index in [0.717, 1.165) is 6.42 Å². The van der Waals surface area contributed by atoms with E-state index in [1.165, 1.54) is 12.3 Å². The topological polar surface area (TPSA) is 176 Å². The van der Waals surface area contributed by atoms with Crippen molar-refractivity contribution in [2.24, 2.45) is 10.9 Å². The Labute approximate surface area is 256 Å². The zero-order valence-corrected chi connectivity index (χ0v) is 24.6. The van der Waals surface area contributed by atoms with Crippen LogP contribution in [0.4, 0.5) is 0 Å². The van der Waals surface area contributed by atoms with Crippen molar-refractivity contribution in [2.45, 2.75) is 32.4 Å². The van der Waals surface area contributed by atoms with E-state index in [9.17, 15) is 24.6 Å². The summed E-state index contributed by atoms with van der Waals surface area (Å²) >= 11 is 13.1. The number of fused-ring (bicyclic) bond motifs is 2. The number of nitrogens with zero attached hydrogens (tertiary/aromatic N) is 6. The van der Waals surface area contributed by atoms with Crippen LogP contribution in [-0.2, 0) is 17.8 Å². The number of nitriles is 1. The normalized spacial score (nSPS) is 17.3. The summed E-state index contributed by atoms with van der Waals surface area (Å²) in [5, 5.41) is 34.3. The number of hydrogen-bond donors (Lipinski definition) is 4. The van der Waals surface area contributed by atoms with E-state index in [4.69, 9.17) is 28.5 Å². The SMILES string of the molecule is C[C@H]1CCN(C(=NC#N)NC[C@H](NC(=O)c2c(Cl)cc3c(c2Cl)CCN(C(=O)c2cn4cccc(O)c4n2)C3)C(=O)O)C1. The van der Waals surface area contributed by atoms with Gasteiger partial charge in [-0.1, -0.05) is 30.1 Å². The molecule has 2 aliphatic heterocycles. The van der Waals surface area contributed by atoms with E-state index in [2.05, 4.69) is 27.5 Å². The molecule has 0 unspecified atom stereocenters. The number of hydrogen-bond acceptors (Lipinski definition) is 7. The fraction of sp³-hybridized carbons (Fsp3) is 0.357. The van der Waals surface area contributed by atoms with Gasteiger partial charge in [-0.25, -0.2) is 9.78 Å². The van der Waals surface area contributed by atoms with Gasteiger partial charge in [-0.05, 0) is 48.1 Å². The van der Waals surface area contributed by atoms with Gasteiger partial charge in [-0.3, -0.25) is 9.59 Å². The minimum atomic E-state index is -1.38. The van der Waals surface area contributed by atoms with Gasteiger partial charge >= 0.3 is 5.97 Å². The number of guanidine groups is 1. The van der Waals surface area contributed by atoms with Gasteiger partial charge < -0.3 is 35.0 Å². The number of aromatic nitrogens is 2. The number of aliphatic carboxylic acids is 1. The molecule has 2 aliphatic rings. The van der Waals surface area contributed by atoms with Crippen molar-refractivity contribution >= 4 is 52.6 Å². The van der Waals surface area contributed by atoms with Gasteiger partial charge in [0, 0.05) is 45.1 Å². The molecule has 0 spiro atoms. The van der Waals surface area contributed by atoms with E-state index in [-0.39, 0.29) is 64.2 Å². The van der Waals surface area contributed by atoms with Gasteiger partial charge in [0.1, 0.15) is 11.7 Å². The number of benzene rings is 1. The van der Waals surface area contributed by atoms with E-state index in [1.807, 2.05) is 4.90 Å². The van der Waals surface area contributed by atoms with Crippen LogP contribution in [0.3, 0.4) is 0 Å². The first kappa shape index (κ1) is 29.9. The summed E-state index contributed by atoms with van der Waals surface area (Å²) in [6.45, 7) is 3.62. The number of carboxylic acids is 1. The Morgan fingerprint density at radius 1 is 1.28 bits per heavy atom. The van der Waals surface area contributed by atoms with Crippen LogP contribution in [-0.4, -0.2) is 85.4 Å². The summed E-state index contributed by atoms with van der Waals surface area (Å²) in [7, 11) is 0. The molecule has 1 fully saturated rings. The Kier molecular flexibility index (Phi) is 8.61. The number of carbonyl (C=O) groups excluding carboxylic acids is 2. The number of nitrogens with one attached hydrogen (secondary N) is 2. The average molecular weight is 627 g/mol. The van der Waals surface area contributed by atoms with Gasteiger partial charge in [0.25, 0.3) is 11.8 Å². The van der Waals surface area contributed by atoms with Crippen LogP contribution in [0.1, 0.15) is 45.3 Å². The molecule has 0 radical (unpaired) electrons. The van der Waals surface area contributed by atoms with E-state index >= 15 is 0 Å². The molecule has 0 bridgehead atoms. The summed E-state index contributed by atoms with van der Waals surface area (Å²) in [4.78, 5) is 50.0. The molecular formula is C28H28Cl2N8O5. The van der Waals surface area contributed by atoms with Crippen LogP contribution in [0, 0.1) is 17.4 Å². The van der Waals surface area contributed by atoms with Gasteiger partial charge in [-0.15, -0.1) is 4.99 Å². The predicted molar refractivity (Wildman–Crippen MR) is 157 cm³/mol. The molecule has 13 nitrogen and oxygen atoms in total. The second-order valence-electron chi connectivity index (χ2n) is 10.5. The van der Waals surface area contributed by atoms with Crippen molar-refractivity contribution in [3.8, 4) is 11.9 Å². The lowest BCUT2D eigenvalue weighted by atomic mass is 9.96.